The Morgan fingerprint density at radius 3 is 2.42 bits per heavy atom. The van der Waals surface area contributed by atoms with Crippen LogP contribution in [-0.2, 0) is 27.3 Å². The number of ether oxygens (including phenoxy) is 1. The van der Waals surface area contributed by atoms with Gasteiger partial charge in [-0.3, -0.25) is 9.59 Å². The SMILES string of the molecule is C#CCOC(=O)NC(Cc1ccccc1)C(O)C(=O)N1CC(F)(F)CC1C(=O)NCc1c(F)cccc1F. The molecular formula is C26H25F4N3O5. The number of halogens is 4. The van der Waals surface area contributed by atoms with Gasteiger partial charge in [-0.15, -0.1) is 6.42 Å². The molecule has 0 spiro atoms. The number of carbonyl (C=O) groups excluding carboxylic acids is 3. The van der Waals surface area contributed by atoms with E-state index in [4.69, 9.17) is 11.2 Å². The summed E-state index contributed by atoms with van der Waals surface area (Å²) in [5, 5.41) is 15.3. The lowest BCUT2D eigenvalue weighted by molar-refractivity contribution is -0.147. The molecule has 0 bridgehead atoms. The number of carbonyl (C=O) groups is 3. The van der Waals surface area contributed by atoms with Gasteiger partial charge in [-0.25, -0.2) is 22.4 Å². The molecule has 1 saturated heterocycles. The van der Waals surface area contributed by atoms with Gasteiger partial charge in [0, 0.05) is 18.5 Å². The first kappa shape index (κ1) is 28.5. The van der Waals surface area contributed by atoms with Crippen LogP contribution in [0.3, 0.4) is 0 Å². The van der Waals surface area contributed by atoms with Crippen LogP contribution in [0.4, 0.5) is 22.4 Å². The van der Waals surface area contributed by atoms with Gasteiger partial charge in [0.15, 0.2) is 12.7 Å². The normalized spacial score (nSPS) is 17.7. The minimum Gasteiger partial charge on any atom is -0.436 e. The zero-order chi connectivity index (χ0) is 27.9. The van der Waals surface area contributed by atoms with E-state index in [-0.39, 0.29) is 6.42 Å². The van der Waals surface area contributed by atoms with Gasteiger partial charge in [0.1, 0.15) is 17.7 Å². The molecule has 3 N–H and O–H groups in total. The van der Waals surface area contributed by atoms with E-state index >= 15 is 0 Å². The molecule has 2 aromatic rings. The number of aliphatic hydroxyl groups is 1. The fourth-order valence-corrected chi connectivity index (χ4v) is 4.03. The Morgan fingerprint density at radius 1 is 1.13 bits per heavy atom. The van der Waals surface area contributed by atoms with Crippen molar-refractivity contribution < 1.29 is 41.8 Å². The number of benzene rings is 2. The smallest absolute Gasteiger partial charge is 0.408 e. The Labute approximate surface area is 216 Å². The van der Waals surface area contributed by atoms with Crippen molar-refractivity contribution in [2.45, 2.75) is 43.5 Å². The van der Waals surface area contributed by atoms with Crippen molar-refractivity contribution in [2.24, 2.45) is 0 Å². The molecule has 3 rings (SSSR count). The van der Waals surface area contributed by atoms with E-state index in [2.05, 4.69) is 16.6 Å². The maximum atomic E-state index is 14.3. The first-order valence-electron chi connectivity index (χ1n) is 11.5. The highest BCUT2D eigenvalue weighted by molar-refractivity contribution is 5.90. The van der Waals surface area contributed by atoms with Crippen LogP contribution in [-0.4, -0.2) is 65.2 Å². The number of amides is 3. The van der Waals surface area contributed by atoms with Crippen LogP contribution in [0.2, 0.25) is 0 Å². The first-order chi connectivity index (χ1) is 18.0. The number of terminal acetylenes is 1. The third-order valence-electron chi connectivity index (χ3n) is 5.88. The maximum Gasteiger partial charge on any atom is 0.408 e. The number of nitrogens with one attached hydrogen (secondary N) is 2. The summed E-state index contributed by atoms with van der Waals surface area (Å²) in [7, 11) is 0. The Balaban J connectivity index is 1.78. The van der Waals surface area contributed by atoms with E-state index in [1.807, 2.05) is 0 Å². The quantitative estimate of drug-likeness (QED) is 0.337. The molecule has 1 heterocycles. The number of nitrogens with zero attached hydrogens (tertiary/aromatic N) is 1. The molecule has 0 aromatic heterocycles. The molecule has 3 unspecified atom stereocenters. The summed E-state index contributed by atoms with van der Waals surface area (Å²) in [4.78, 5) is 38.5. The largest absolute Gasteiger partial charge is 0.436 e. The standard InChI is InChI=1S/C26H25F4N3O5/c1-2-11-38-25(37)32-20(12-16-7-4-3-5-8-16)22(34)24(36)33-15-26(29,30)13-21(33)23(35)31-14-17-18(27)9-6-10-19(17)28/h1,3-10,20-22,34H,11-15H2,(H,31,35)(H,32,37). The number of aliphatic hydroxyl groups excluding tert-OH is 1. The molecule has 0 saturated carbocycles. The van der Waals surface area contributed by atoms with Gasteiger partial charge in [-0.1, -0.05) is 42.3 Å². The van der Waals surface area contributed by atoms with E-state index in [1.54, 1.807) is 30.3 Å². The summed E-state index contributed by atoms with van der Waals surface area (Å²) < 4.78 is 61.2. The zero-order valence-corrected chi connectivity index (χ0v) is 20.0. The lowest BCUT2D eigenvalue weighted by Crippen LogP contribution is -2.56. The number of alkyl halides is 2. The number of hydrogen-bond acceptors (Lipinski definition) is 5. The van der Waals surface area contributed by atoms with Crippen molar-refractivity contribution in [3.05, 3.63) is 71.3 Å². The third kappa shape index (κ3) is 7.23. The minimum atomic E-state index is -3.48. The van der Waals surface area contributed by atoms with Gasteiger partial charge < -0.3 is 25.4 Å². The van der Waals surface area contributed by atoms with E-state index < -0.39 is 85.3 Å². The summed E-state index contributed by atoms with van der Waals surface area (Å²) in [6, 6.07) is 8.36. The molecule has 0 aliphatic carbocycles. The second-order valence-corrected chi connectivity index (χ2v) is 8.63. The monoisotopic (exact) mass is 535 g/mol. The lowest BCUT2D eigenvalue weighted by Gasteiger charge is -2.29. The Morgan fingerprint density at radius 2 is 1.79 bits per heavy atom. The number of likely N-dealkylation sites (tertiary alicyclic amines) is 1. The van der Waals surface area contributed by atoms with Gasteiger partial charge in [0.05, 0.1) is 12.6 Å². The van der Waals surface area contributed by atoms with Crippen molar-refractivity contribution in [3.8, 4) is 12.3 Å². The van der Waals surface area contributed by atoms with E-state index in [0.717, 1.165) is 18.2 Å². The topological polar surface area (TPSA) is 108 Å². The van der Waals surface area contributed by atoms with Crippen LogP contribution in [0.5, 0.6) is 0 Å². The first-order valence-corrected chi connectivity index (χ1v) is 11.5. The summed E-state index contributed by atoms with van der Waals surface area (Å²) >= 11 is 0. The fourth-order valence-electron chi connectivity index (χ4n) is 4.03. The fraction of sp³-hybridized carbons (Fsp3) is 0.346. The number of rotatable bonds is 9. The van der Waals surface area contributed by atoms with Crippen molar-refractivity contribution in [2.75, 3.05) is 13.2 Å². The van der Waals surface area contributed by atoms with Gasteiger partial charge in [-0.2, -0.15) is 0 Å². The molecule has 1 fully saturated rings. The average molecular weight is 535 g/mol. The highest BCUT2D eigenvalue weighted by atomic mass is 19.3. The molecule has 2 aromatic carbocycles. The van der Waals surface area contributed by atoms with Crippen LogP contribution >= 0.6 is 0 Å². The lowest BCUT2D eigenvalue weighted by atomic mass is 10.00. The highest BCUT2D eigenvalue weighted by Crippen LogP contribution is 2.33. The van der Waals surface area contributed by atoms with Gasteiger partial charge in [-0.05, 0) is 24.1 Å². The Kier molecular flexibility index (Phi) is 9.30. The molecule has 3 atom stereocenters. The molecule has 0 radical (unpaired) electrons. The van der Waals surface area contributed by atoms with Crippen LogP contribution in [0, 0.1) is 24.0 Å². The van der Waals surface area contributed by atoms with E-state index in [1.165, 1.54) is 0 Å². The third-order valence-corrected chi connectivity index (χ3v) is 5.88. The summed E-state index contributed by atoms with van der Waals surface area (Å²) in [5.41, 5.74) is 0.107. The summed E-state index contributed by atoms with van der Waals surface area (Å²) in [6.45, 7) is -2.23. The van der Waals surface area contributed by atoms with Crippen molar-refractivity contribution in [3.63, 3.8) is 0 Å². The van der Waals surface area contributed by atoms with E-state index in [0.29, 0.717) is 10.5 Å². The highest BCUT2D eigenvalue weighted by Gasteiger charge is 2.51. The number of alkyl carbamates (subject to hydrolysis) is 1. The molecule has 38 heavy (non-hydrogen) atoms. The molecule has 1 aliphatic rings. The van der Waals surface area contributed by atoms with Crippen molar-refractivity contribution in [1.82, 2.24) is 15.5 Å². The van der Waals surface area contributed by atoms with Gasteiger partial charge in [0.25, 0.3) is 11.8 Å². The van der Waals surface area contributed by atoms with Crippen molar-refractivity contribution >= 4 is 17.9 Å². The predicted molar refractivity (Wildman–Crippen MR) is 127 cm³/mol. The second kappa shape index (κ2) is 12.4. The molecule has 12 heteroatoms. The molecule has 8 nitrogen and oxygen atoms in total. The molecule has 202 valence electrons. The second-order valence-electron chi connectivity index (χ2n) is 8.63. The Hall–Kier alpha value is -4.11. The van der Waals surface area contributed by atoms with Crippen LogP contribution in [0.15, 0.2) is 48.5 Å². The predicted octanol–water partition coefficient (Wildman–Crippen LogP) is 2.15. The van der Waals surface area contributed by atoms with Gasteiger partial charge >= 0.3 is 6.09 Å². The zero-order valence-electron chi connectivity index (χ0n) is 20.0. The van der Waals surface area contributed by atoms with Crippen LogP contribution in [0.1, 0.15) is 17.5 Å². The summed E-state index contributed by atoms with van der Waals surface area (Å²) in [5.74, 6) is -5.63. The Bertz CT molecular complexity index is 1180. The number of hydrogen-bond donors (Lipinski definition) is 3. The average Bonchev–Trinajstić information content (AvgIpc) is 3.21. The molecule has 3 amide bonds. The van der Waals surface area contributed by atoms with Crippen LogP contribution in [0.25, 0.3) is 0 Å². The maximum absolute atomic E-state index is 14.3. The van der Waals surface area contributed by atoms with Crippen LogP contribution < -0.4 is 10.6 Å². The van der Waals surface area contributed by atoms with Crippen molar-refractivity contribution in [1.29, 1.82) is 0 Å². The minimum absolute atomic E-state index is 0.0907. The molecular weight excluding hydrogens is 510 g/mol. The van der Waals surface area contributed by atoms with E-state index in [9.17, 15) is 37.1 Å². The van der Waals surface area contributed by atoms with Gasteiger partial charge in [0.2, 0.25) is 5.91 Å². The summed E-state index contributed by atoms with van der Waals surface area (Å²) in [6.07, 6.45) is 0.785. The molecule has 1 aliphatic heterocycles.